The summed E-state index contributed by atoms with van der Waals surface area (Å²) in [7, 11) is 1.43. The zero-order chi connectivity index (χ0) is 27.2. The summed E-state index contributed by atoms with van der Waals surface area (Å²) in [5.41, 5.74) is 6.54. The van der Waals surface area contributed by atoms with Crippen LogP contribution in [0.15, 0.2) is 54.7 Å². The molecule has 1 aromatic heterocycles. The van der Waals surface area contributed by atoms with Gasteiger partial charge in [-0.2, -0.15) is 0 Å². The molecule has 0 fully saturated rings. The van der Waals surface area contributed by atoms with Gasteiger partial charge >= 0.3 is 0 Å². The molecule has 0 spiro atoms. The zero-order valence-corrected chi connectivity index (χ0v) is 21.8. The molecular weight excluding hydrogens is 481 g/mol. The fourth-order valence-electron chi connectivity index (χ4n) is 4.36. The predicted molar refractivity (Wildman–Crippen MR) is 137 cm³/mol. The van der Waals surface area contributed by atoms with Gasteiger partial charge in [-0.15, -0.1) is 0 Å². The first-order valence-electron chi connectivity index (χ1n) is 12.2. The minimum absolute atomic E-state index is 0.0231. The van der Waals surface area contributed by atoms with Crippen LogP contribution < -0.4 is 5.73 Å². The van der Waals surface area contributed by atoms with Gasteiger partial charge in [0.05, 0.1) is 11.7 Å². The molecule has 1 amide bonds. The number of methoxy groups -OCH3 is 1. The number of carbonyl (C=O) groups excluding carboxylic acids is 1. The summed E-state index contributed by atoms with van der Waals surface area (Å²) < 4.78 is 49.0. The molecule has 0 saturated heterocycles. The topological polar surface area (TPSA) is 73.4 Å². The van der Waals surface area contributed by atoms with Crippen LogP contribution in [-0.4, -0.2) is 53.3 Å². The second kappa shape index (κ2) is 12.4. The van der Waals surface area contributed by atoms with E-state index < -0.39 is 35.8 Å². The lowest BCUT2D eigenvalue weighted by Crippen LogP contribution is -2.45. The smallest absolute Gasteiger partial charge is 0.249 e. The molecule has 0 saturated carbocycles. The molecule has 0 aliphatic heterocycles. The Morgan fingerprint density at radius 1 is 1.16 bits per heavy atom. The molecule has 0 radical (unpaired) electrons. The van der Waals surface area contributed by atoms with Gasteiger partial charge < -0.3 is 19.9 Å². The van der Waals surface area contributed by atoms with Gasteiger partial charge in [0, 0.05) is 38.0 Å². The van der Waals surface area contributed by atoms with Gasteiger partial charge in [-0.3, -0.25) is 4.79 Å². The average Bonchev–Trinajstić information content (AvgIpc) is 3.25. The molecule has 2 N–H and O–H groups in total. The van der Waals surface area contributed by atoms with Crippen LogP contribution in [0.2, 0.25) is 0 Å². The molecule has 37 heavy (non-hydrogen) atoms. The molecule has 0 aliphatic carbocycles. The summed E-state index contributed by atoms with van der Waals surface area (Å²) in [6.45, 7) is 5.57. The van der Waals surface area contributed by atoms with E-state index >= 15 is 0 Å². The van der Waals surface area contributed by atoms with E-state index in [9.17, 15) is 18.0 Å². The van der Waals surface area contributed by atoms with E-state index in [-0.39, 0.29) is 36.7 Å². The second-order valence-electron chi connectivity index (χ2n) is 10.2. The second-order valence-corrected chi connectivity index (χ2v) is 10.2. The number of carbonyl (C=O) groups is 1. The number of nitrogens with zero attached hydrogens (tertiary/aromatic N) is 3. The minimum Gasteiger partial charge on any atom is -0.375 e. The lowest BCUT2D eigenvalue weighted by Gasteiger charge is -2.40. The number of hydrogen-bond acceptors (Lipinski definition) is 4. The van der Waals surface area contributed by atoms with E-state index in [1.807, 2.05) is 55.7 Å². The van der Waals surface area contributed by atoms with Crippen molar-refractivity contribution >= 4 is 5.91 Å². The normalized spacial score (nSPS) is 13.4. The zero-order valence-electron chi connectivity index (χ0n) is 21.8. The molecule has 0 unspecified atom stereocenters. The van der Waals surface area contributed by atoms with Crippen molar-refractivity contribution in [2.45, 2.75) is 45.8 Å². The lowest BCUT2D eigenvalue weighted by atomic mass is 9.84. The molecule has 3 aromatic rings. The average molecular weight is 517 g/mol. The van der Waals surface area contributed by atoms with Crippen molar-refractivity contribution in [1.82, 2.24) is 14.5 Å². The molecule has 2 aromatic carbocycles. The minimum atomic E-state index is -0.723. The number of alkyl halides is 1. The lowest BCUT2D eigenvalue weighted by molar-refractivity contribution is -0.140. The van der Waals surface area contributed by atoms with Crippen LogP contribution in [0, 0.1) is 17.0 Å². The summed E-state index contributed by atoms with van der Waals surface area (Å²) in [5, 5.41) is 0. The van der Waals surface area contributed by atoms with E-state index in [4.69, 9.17) is 15.5 Å². The highest BCUT2D eigenvalue weighted by Crippen LogP contribution is 2.39. The highest BCUT2D eigenvalue weighted by molar-refractivity contribution is 5.78. The first-order valence-corrected chi connectivity index (χ1v) is 12.2. The van der Waals surface area contributed by atoms with Gasteiger partial charge in [0.2, 0.25) is 5.91 Å². The van der Waals surface area contributed by atoms with E-state index in [1.165, 1.54) is 7.11 Å². The van der Waals surface area contributed by atoms with E-state index in [0.717, 1.165) is 23.8 Å². The Morgan fingerprint density at radius 2 is 1.86 bits per heavy atom. The van der Waals surface area contributed by atoms with Crippen LogP contribution in [0.25, 0.3) is 11.3 Å². The van der Waals surface area contributed by atoms with Gasteiger partial charge in [0.1, 0.15) is 30.7 Å². The van der Waals surface area contributed by atoms with Crippen LogP contribution >= 0.6 is 0 Å². The Hall–Kier alpha value is -3.17. The van der Waals surface area contributed by atoms with Gasteiger partial charge in [-0.05, 0) is 35.6 Å². The van der Waals surface area contributed by atoms with Crippen molar-refractivity contribution in [2.75, 3.05) is 26.9 Å². The first kappa shape index (κ1) is 28.4. The summed E-state index contributed by atoms with van der Waals surface area (Å²) in [6.07, 6.45) is 1.91. The Morgan fingerprint density at radius 3 is 2.49 bits per heavy atom. The van der Waals surface area contributed by atoms with Gasteiger partial charge in [0.15, 0.2) is 0 Å². The van der Waals surface area contributed by atoms with Crippen LogP contribution in [0.4, 0.5) is 13.2 Å². The quantitative estimate of drug-likeness (QED) is 0.384. The highest BCUT2D eigenvalue weighted by atomic mass is 19.1. The van der Waals surface area contributed by atoms with Crippen LogP contribution in [0.3, 0.4) is 0 Å². The molecule has 0 bridgehead atoms. The molecular formula is C28H35F3N4O2. The van der Waals surface area contributed by atoms with Gasteiger partial charge in [-0.25, -0.2) is 18.2 Å². The standard InChI is InChI=1S/C28H35F3N4O2/c1-28(2,3)26(35(25(36)18-37-4)13-12-21(32)15-29)27-33-24(22-14-20(30)10-11-23(22)31)17-34(27)16-19-8-6-5-7-9-19/h5-11,14,17,21,26H,12-13,15-16,18,32H2,1-4H3/t21-,26-/m0/s1. The summed E-state index contributed by atoms with van der Waals surface area (Å²) >= 11 is 0. The summed E-state index contributed by atoms with van der Waals surface area (Å²) in [5.74, 6) is -1.000. The number of imidazole rings is 1. The van der Waals surface area contributed by atoms with E-state index in [2.05, 4.69) is 0 Å². The molecule has 0 aliphatic rings. The monoisotopic (exact) mass is 516 g/mol. The molecule has 6 nitrogen and oxygen atoms in total. The number of nitrogens with two attached hydrogens (primary N) is 1. The fourth-order valence-corrected chi connectivity index (χ4v) is 4.36. The van der Waals surface area contributed by atoms with Crippen molar-refractivity contribution in [3.63, 3.8) is 0 Å². The number of amides is 1. The summed E-state index contributed by atoms with van der Waals surface area (Å²) in [4.78, 5) is 19.6. The Labute approximate surface area is 216 Å². The maximum Gasteiger partial charge on any atom is 0.249 e. The number of hydrogen-bond donors (Lipinski definition) is 1. The van der Waals surface area contributed by atoms with Crippen molar-refractivity contribution < 1.29 is 22.7 Å². The maximum atomic E-state index is 14.7. The largest absolute Gasteiger partial charge is 0.375 e. The van der Waals surface area contributed by atoms with Crippen LogP contribution in [0.1, 0.15) is 44.6 Å². The number of benzene rings is 2. The number of halogens is 3. The Kier molecular flexibility index (Phi) is 9.50. The molecule has 1 heterocycles. The third-order valence-electron chi connectivity index (χ3n) is 6.11. The maximum absolute atomic E-state index is 14.7. The summed E-state index contributed by atoms with van der Waals surface area (Å²) in [6, 6.07) is 11.5. The number of aromatic nitrogens is 2. The van der Waals surface area contributed by atoms with Crippen molar-refractivity contribution in [3.8, 4) is 11.3 Å². The molecule has 9 heteroatoms. The molecule has 200 valence electrons. The van der Waals surface area contributed by atoms with Crippen molar-refractivity contribution in [2.24, 2.45) is 11.1 Å². The highest BCUT2D eigenvalue weighted by Gasteiger charge is 2.38. The third-order valence-corrected chi connectivity index (χ3v) is 6.11. The molecule has 2 atom stereocenters. The van der Waals surface area contributed by atoms with E-state index in [1.54, 1.807) is 11.1 Å². The van der Waals surface area contributed by atoms with Gasteiger partial charge in [0.25, 0.3) is 0 Å². The first-order chi connectivity index (χ1) is 17.5. The number of ether oxygens (including phenoxy) is 1. The van der Waals surface area contributed by atoms with Crippen molar-refractivity contribution in [3.05, 3.63) is 77.8 Å². The fraction of sp³-hybridized carbons (Fsp3) is 0.429. The van der Waals surface area contributed by atoms with E-state index in [0.29, 0.717) is 12.4 Å². The van der Waals surface area contributed by atoms with Crippen LogP contribution in [0.5, 0.6) is 0 Å². The van der Waals surface area contributed by atoms with Gasteiger partial charge in [-0.1, -0.05) is 51.1 Å². The molecule has 3 rings (SSSR count). The third kappa shape index (κ3) is 7.20. The van der Waals surface area contributed by atoms with Crippen molar-refractivity contribution in [1.29, 1.82) is 0 Å². The Balaban J connectivity index is 2.19. The Bertz CT molecular complexity index is 1180. The predicted octanol–water partition coefficient (Wildman–Crippen LogP) is 5.13. The SMILES string of the molecule is COCC(=O)N(CC[C@H](N)CF)[C@@H](c1nc(-c2cc(F)ccc2F)cn1Cc1ccccc1)C(C)(C)C. The number of rotatable bonds is 11. The van der Waals surface area contributed by atoms with Crippen LogP contribution in [-0.2, 0) is 16.1 Å².